The number of rotatable bonds is 1. The first-order valence-electron chi connectivity index (χ1n) is 9.55. The van der Waals surface area contributed by atoms with Gasteiger partial charge in [-0.1, -0.05) is 91.0 Å². The summed E-state index contributed by atoms with van der Waals surface area (Å²) in [7, 11) is 0. The van der Waals surface area contributed by atoms with Crippen molar-refractivity contribution in [1.82, 2.24) is 0 Å². The van der Waals surface area contributed by atoms with E-state index in [-0.39, 0.29) is 0 Å². The molecule has 2 nitrogen and oxygen atoms in total. The summed E-state index contributed by atoms with van der Waals surface area (Å²) in [5.74, 6) is -0.884. The molecule has 6 aromatic carbocycles. The molecule has 29 heavy (non-hydrogen) atoms. The van der Waals surface area contributed by atoms with Gasteiger partial charge in [-0.25, -0.2) is 4.79 Å². The predicted octanol–water partition coefficient (Wildman–Crippen LogP) is 7.12. The van der Waals surface area contributed by atoms with Crippen LogP contribution in [0, 0.1) is 0 Å². The minimum Gasteiger partial charge on any atom is -0.478 e. The number of hydrogen-bond acceptors (Lipinski definition) is 1. The normalized spacial score (nSPS) is 11.0. The van der Waals surface area contributed by atoms with Crippen LogP contribution in [0.2, 0.25) is 0 Å². The summed E-state index contributed by atoms with van der Waals surface area (Å²) in [4.78, 5) is 10.6. The minimum atomic E-state index is -0.884. The SMILES string of the molecule is O=C(O)c1ccc2ccccc2c1.c1cc2ccc3cccc4ccc(c1)c2c34. The average molecular weight is 374 g/mol. The van der Waals surface area contributed by atoms with Crippen LogP contribution in [0.5, 0.6) is 0 Å². The van der Waals surface area contributed by atoms with Gasteiger partial charge in [0.15, 0.2) is 0 Å². The third kappa shape index (κ3) is 3.05. The van der Waals surface area contributed by atoms with Crippen LogP contribution in [0.3, 0.4) is 0 Å². The van der Waals surface area contributed by atoms with Crippen LogP contribution in [-0.4, -0.2) is 11.1 Å². The van der Waals surface area contributed by atoms with E-state index < -0.39 is 5.97 Å². The van der Waals surface area contributed by atoms with Gasteiger partial charge in [-0.3, -0.25) is 0 Å². The molecule has 6 rings (SSSR count). The lowest BCUT2D eigenvalue weighted by molar-refractivity contribution is 0.0697. The van der Waals surface area contributed by atoms with Crippen LogP contribution >= 0.6 is 0 Å². The highest BCUT2D eigenvalue weighted by molar-refractivity contribution is 6.22. The van der Waals surface area contributed by atoms with E-state index >= 15 is 0 Å². The molecule has 0 saturated heterocycles. The van der Waals surface area contributed by atoms with E-state index in [4.69, 9.17) is 5.11 Å². The Labute approximate surface area is 168 Å². The van der Waals surface area contributed by atoms with Crippen LogP contribution in [0.4, 0.5) is 0 Å². The summed E-state index contributed by atoms with van der Waals surface area (Å²) >= 11 is 0. The van der Waals surface area contributed by atoms with Crippen LogP contribution in [0.1, 0.15) is 10.4 Å². The van der Waals surface area contributed by atoms with E-state index in [0.29, 0.717) is 5.56 Å². The highest BCUT2D eigenvalue weighted by atomic mass is 16.4. The van der Waals surface area contributed by atoms with Crippen molar-refractivity contribution in [2.45, 2.75) is 0 Å². The first-order valence-corrected chi connectivity index (χ1v) is 9.55. The van der Waals surface area contributed by atoms with Crippen LogP contribution < -0.4 is 0 Å². The van der Waals surface area contributed by atoms with Crippen LogP contribution in [-0.2, 0) is 0 Å². The van der Waals surface area contributed by atoms with Crippen molar-refractivity contribution < 1.29 is 9.90 Å². The molecule has 138 valence electrons. The first kappa shape index (κ1) is 17.2. The Balaban J connectivity index is 0.000000129. The maximum Gasteiger partial charge on any atom is 0.335 e. The molecule has 0 aliphatic rings. The molecule has 0 saturated carbocycles. The summed E-state index contributed by atoms with van der Waals surface area (Å²) in [6.45, 7) is 0. The molecule has 0 unspecified atom stereocenters. The molecule has 1 N–H and O–H groups in total. The fraction of sp³-hybridized carbons (Fsp3) is 0. The van der Waals surface area contributed by atoms with Gasteiger partial charge in [0.2, 0.25) is 0 Å². The molecule has 0 spiro atoms. The van der Waals surface area contributed by atoms with Gasteiger partial charge in [0, 0.05) is 0 Å². The smallest absolute Gasteiger partial charge is 0.335 e. The average Bonchev–Trinajstić information content (AvgIpc) is 2.78. The van der Waals surface area contributed by atoms with E-state index in [1.807, 2.05) is 30.3 Å². The monoisotopic (exact) mass is 374 g/mol. The van der Waals surface area contributed by atoms with Gasteiger partial charge in [0.1, 0.15) is 0 Å². The van der Waals surface area contributed by atoms with E-state index in [1.165, 1.54) is 32.3 Å². The van der Waals surface area contributed by atoms with Crippen molar-refractivity contribution in [3.8, 4) is 0 Å². The molecule has 6 aromatic rings. The van der Waals surface area contributed by atoms with E-state index in [9.17, 15) is 4.79 Å². The summed E-state index contributed by atoms with van der Waals surface area (Å²) in [5, 5.41) is 18.9. The van der Waals surface area contributed by atoms with Gasteiger partial charge in [-0.05, 0) is 55.2 Å². The molecular weight excluding hydrogens is 356 g/mol. The lowest BCUT2D eigenvalue weighted by Gasteiger charge is -2.09. The number of carbonyl (C=O) groups is 1. The molecule has 0 atom stereocenters. The number of carboxylic acid groups (broad SMARTS) is 1. The Morgan fingerprint density at radius 1 is 0.483 bits per heavy atom. The van der Waals surface area contributed by atoms with Crippen molar-refractivity contribution in [2.75, 3.05) is 0 Å². The maximum absolute atomic E-state index is 10.6. The van der Waals surface area contributed by atoms with E-state index in [2.05, 4.69) is 60.7 Å². The van der Waals surface area contributed by atoms with Crippen molar-refractivity contribution in [1.29, 1.82) is 0 Å². The van der Waals surface area contributed by atoms with Crippen LogP contribution in [0.25, 0.3) is 43.1 Å². The van der Waals surface area contributed by atoms with Crippen LogP contribution in [0.15, 0.2) is 103 Å². The second-order valence-electron chi connectivity index (χ2n) is 7.16. The zero-order valence-corrected chi connectivity index (χ0v) is 15.7. The van der Waals surface area contributed by atoms with Gasteiger partial charge in [-0.2, -0.15) is 0 Å². The lowest BCUT2D eigenvalue weighted by atomic mass is 9.95. The molecule has 0 aliphatic heterocycles. The third-order valence-corrected chi connectivity index (χ3v) is 5.39. The third-order valence-electron chi connectivity index (χ3n) is 5.39. The van der Waals surface area contributed by atoms with E-state index in [1.54, 1.807) is 12.1 Å². The second-order valence-corrected chi connectivity index (χ2v) is 7.16. The summed E-state index contributed by atoms with van der Waals surface area (Å²) in [6, 6.07) is 34.7. The predicted molar refractivity (Wildman–Crippen MR) is 121 cm³/mol. The molecule has 0 amide bonds. The van der Waals surface area contributed by atoms with Gasteiger partial charge in [0.25, 0.3) is 0 Å². The van der Waals surface area contributed by atoms with Crippen molar-refractivity contribution in [3.63, 3.8) is 0 Å². The topological polar surface area (TPSA) is 37.3 Å². The highest BCUT2D eigenvalue weighted by Gasteiger charge is 2.06. The highest BCUT2D eigenvalue weighted by Crippen LogP contribution is 2.33. The van der Waals surface area contributed by atoms with Crippen molar-refractivity contribution >= 4 is 49.1 Å². The number of fused-ring (bicyclic) bond motifs is 1. The Morgan fingerprint density at radius 3 is 1.38 bits per heavy atom. The fourth-order valence-electron chi connectivity index (χ4n) is 3.99. The van der Waals surface area contributed by atoms with Gasteiger partial charge < -0.3 is 5.11 Å². The molecule has 0 fully saturated rings. The quantitative estimate of drug-likeness (QED) is 0.311. The Morgan fingerprint density at radius 2 is 0.897 bits per heavy atom. The molecular formula is C27H18O2. The van der Waals surface area contributed by atoms with Crippen molar-refractivity contribution in [2.24, 2.45) is 0 Å². The fourth-order valence-corrected chi connectivity index (χ4v) is 3.99. The standard InChI is InChI=1S/C16H10.C11H8O2/c1-3-11-7-9-13-5-2-6-14-10-8-12(4-1)15(11)16(13)14;12-11(13)10-6-5-8-3-1-2-4-9(8)7-10/h1-10H;1-7H,(H,12,13). The van der Waals surface area contributed by atoms with Gasteiger partial charge in [-0.15, -0.1) is 0 Å². The lowest BCUT2D eigenvalue weighted by Crippen LogP contribution is -1.94. The number of hydrogen-bond donors (Lipinski definition) is 1. The summed E-state index contributed by atoms with van der Waals surface area (Å²) < 4.78 is 0. The van der Waals surface area contributed by atoms with Gasteiger partial charge in [0.05, 0.1) is 5.56 Å². The number of carboxylic acids is 1. The Hall–Kier alpha value is -3.91. The molecule has 0 bridgehead atoms. The van der Waals surface area contributed by atoms with Gasteiger partial charge >= 0.3 is 5.97 Å². The molecule has 0 aromatic heterocycles. The summed E-state index contributed by atoms with van der Waals surface area (Å²) in [6.07, 6.45) is 0. The second kappa shape index (κ2) is 6.92. The number of aromatic carboxylic acids is 1. The molecule has 0 radical (unpaired) electrons. The summed E-state index contributed by atoms with van der Waals surface area (Å²) in [5.41, 5.74) is 0.332. The molecule has 0 heterocycles. The Kier molecular flexibility index (Phi) is 4.10. The zero-order valence-electron chi connectivity index (χ0n) is 15.7. The Bertz CT molecular complexity index is 1350. The van der Waals surface area contributed by atoms with Crippen molar-refractivity contribution in [3.05, 3.63) is 109 Å². The minimum absolute atomic E-state index is 0.332. The number of benzene rings is 6. The van der Waals surface area contributed by atoms with E-state index in [0.717, 1.165) is 10.8 Å². The first-order chi connectivity index (χ1) is 14.2. The largest absolute Gasteiger partial charge is 0.478 e. The molecule has 2 heteroatoms. The zero-order chi connectivity index (χ0) is 19.8. The maximum atomic E-state index is 10.6. The molecule has 0 aliphatic carbocycles.